The van der Waals surface area contributed by atoms with E-state index in [2.05, 4.69) is 0 Å². The van der Waals surface area contributed by atoms with Crippen LogP contribution in [0.3, 0.4) is 0 Å². The predicted octanol–water partition coefficient (Wildman–Crippen LogP) is 4.17. The molecule has 1 aromatic rings. The second kappa shape index (κ2) is 4.36. The van der Waals surface area contributed by atoms with E-state index in [4.69, 9.17) is 5.11 Å². The third kappa shape index (κ3) is 2.68. The van der Waals surface area contributed by atoms with E-state index in [1.54, 1.807) is 6.92 Å². The molecule has 4 heteroatoms. The lowest BCUT2D eigenvalue weighted by Crippen LogP contribution is -2.13. The van der Waals surface area contributed by atoms with Gasteiger partial charge in [-0.25, -0.2) is 0 Å². The first-order valence-electron chi connectivity index (χ1n) is 5.13. The lowest BCUT2D eigenvalue weighted by atomic mass is 9.87. The van der Waals surface area contributed by atoms with Gasteiger partial charge in [0.25, 0.3) is 0 Å². The highest BCUT2D eigenvalue weighted by atomic mass is 19.4. The maximum absolute atomic E-state index is 12.7. The van der Waals surface area contributed by atoms with Crippen LogP contribution in [0.4, 0.5) is 13.2 Å². The number of phenolic OH excluding ortho intramolecular Hbond substituents is 1. The predicted molar refractivity (Wildman–Crippen MR) is 56.4 cm³/mol. The zero-order chi connectivity index (χ0) is 12.5. The minimum absolute atomic E-state index is 0.116. The molecule has 0 aliphatic carbocycles. The van der Waals surface area contributed by atoms with Gasteiger partial charge in [-0.1, -0.05) is 26.8 Å². The lowest BCUT2D eigenvalue weighted by Gasteiger charge is -2.21. The second-order valence-corrected chi connectivity index (χ2v) is 4.30. The van der Waals surface area contributed by atoms with Crippen LogP contribution in [-0.2, 0) is 6.18 Å². The van der Waals surface area contributed by atoms with Crippen molar-refractivity contribution >= 4 is 0 Å². The van der Waals surface area contributed by atoms with Crippen molar-refractivity contribution in [2.45, 2.75) is 32.9 Å². The highest BCUT2D eigenvalue weighted by Crippen LogP contribution is 2.38. The number of benzene rings is 1. The normalized spacial score (nSPS) is 14.2. The number of aromatic hydroxyl groups is 1. The van der Waals surface area contributed by atoms with E-state index in [1.807, 2.05) is 13.8 Å². The Bertz CT molecular complexity index is 369. The minimum Gasteiger partial charge on any atom is -0.508 e. The maximum Gasteiger partial charge on any atom is 0.416 e. The number of phenols is 1. The Morgan fingerprint density at radius 1 is 1.12 bits per heavy atom. The topological polar surface area (TPSA) is 20.2 Å². The molecule has 1 aromatic carbocycles. The van der Waals surface area contributed by atoms with Crippen molar-refractivity contribution in [3.8, 4) is 5.75 Å². The highest BCUT2D eigenvalue weighted by Gasteiger charge is 2.35. The fraction of sp³-hybridized carbons (Fsp3) is 0.500. The molecule has 0 amide bonds. The van der Waals surface area contributed by atoms with Crippen LogP contribution in [0.2, 0.25) is 0 Å². The summed E-state index contributed by atoms with van der Waals surface area (Å²) in [6, 6.07) is 3.43. The first-order valence-corrected chi connectivity index (χ1v) is 5.13. The van der Waals surface area contributed by atoms with Crippen molar-refractivity contribution in [3.05, 3.63) is 29.3 Å². The van der Waals surface area contributed by atoms with Gasteiger partial charge in [0, 0.05) is 0 Å². The Morgan fingerprint density at radius 3 is 2.12 bits per heavy atom. The number of rotatable bonds is 2. The Hall–Kier alpha value is -1.19. The largest absolute Gasteiger partial charge is 0.508 e. The molecule has 0 aliphatic heterocycles. The first kappa shape index (κ1) is 12.9. The van der Waals surface area contributed by atoms with Crippen molar-refractivity contribution in [1.82, 2.24) is 0 Å². The van der Waals surface area contributed by atoms with Crippen molar-refractivity contribution < 1.29 is 18.3 Å². The van der Waals surface area contributed by atoms with Crippen LogP contribution >= 0.6 is 0 Å². The minimum atomic E-state index is -4.42. The molecule has 0 heterocycles. The molecule has 1 atom stereocenters. The van der Waals surface area contributed by atoms with Crippen molar-refractivity contribution in [2.24, 2.45) is 5.92 Å². The molecule has 1 rings (SSSR count). The summed E-state index contributed by atoms with van der Waals surface area (Å²) in [5, 5.41) is 9.12. The highest BCUT2D eigenvalue weighted by molar-refractivity contribution is 5.38. The zero-order valence-corrected chi connectivity index (χ0v) is 9.47. The van der Waals surface area contributed by atoms with E-state index < -0.39 is 11.7 Å². The van der Waals surface area contributed by atoms with Gasteiger partial charge in [-0.05, 0) is 29.5 Å². The molecule has 0 spiro atoms. The van der Waals surface area contributed by atoms with Gasteiger partial charge in [-0.2, -0.15) is 13.2 Å². The van der Waals surface area contributed by atoms with Crippen LogP contribution in [0, 0.1) is 5.92 Å². The van der Waals surface area contributed by atoms with Gasteiger partial charge in [0.2, 0.25) is 0 Å². The molecule has 0 aliphatic rings. The van der Waals surface area contributed by atoms with Gasteiger partial charge in [-0.3, -0.25) is 0 Å². The van der Waals surface area contributed by atoms with Crippen molar-refractivity contribution in [2.75, 3.05) is 0 Å². The summed E-state index contributed by atoms with van der Waals surface area (Å²) in [6.07, 6.45) is -4.42. The van der Waals surface area contributed by atoms with E-state index in [9.17, 15) is 13.2 Å². The molecule has 0 saturated heterocycles. The molecular weight excluding hydrogens is 217 g/mol. The van der Waals surface area contributed by atoms with Gasteiger partial charge in [0.1, 0.15) is 5.75 Å². The molecular formula is C12H15F3O. The van der Waals surface area contributed by atoms with Crippen LogP contribution < -0.4 is 0 Å². The standard InChI is InChI=1S/C12H15F3O/c1-7(2)8(3)10-5-4-9(16)6-11(10)12(13,14)15/h4-8,16H,1-3H3. The summed E-state index contributed by atoms with van der Waals surface area (Å²) in [4.78, 5) is 0. The summed E-state index contributed by atoms with van der Waals surface area (Å²) in [6.45, 7) is 5.50. The summed E-state index contributed by atoms with van der Waals surface area (Å²) in [5.74, 6) is -0.435. The van der Waals surface area contributed by atoms with E-state index in [-0.39, 0.29) is 23.1 Å². The van der Waals surface area contributed by atoms with Crippen molar-refractivity contribution in [3.63, 3.8) is 0 Å². The molecule has 90 valence electrons. The van der Waals surface area contributed by atoms with Gasteiger partial charge in [-0.15, -0.1) is 0 Å². The summed E-state index contributed by atoms with van der Waals surface area (Å²) < 4.78 is 38.2. The van der Waals surface area contributed by atoms with Gasteiger partial charge in [0.15, 0.2) is 0 Å². The molecule has 0 aromatic heterocycles. The average Bonchev–Trinajstić information content (AvgIpc) is 2.15. The van der Waals surface area contributed by atoms with Crippen LogP contribution in [0.1, 0.15) is 37.8 Å². The van der Waals surface area contributed by atoms with Crippen LogP contribution in [0.15, 0.2) is 18.2 Å². The first-order chi connectivity index (χ1) is 7.23. The monoisotopic (exact) mass is 232 g/mol. The maximum atomic E-state index is 12.7. The summed E-state index contributed by atoms with van der Waals surface area (Å²) >= 11 is 0. The zero-order valence-electron chi connectivity index (χ0n) is 9.47. The number of hydrogen-bond donors (Lipinski definition) is 1. The fourth-order valence-corrected chi connectivity index (χ4v) is 1.55. The molecule has 1 unspecified atom stereocenters. The Morgan fingerprint density at radius 2 is 1.69 bits per heavy atom. The summed E-state index contributed by atoms with van der Waals surface area (Å²) in [5.41, 5.74) is -0.506. The molecule has 0 fully saturated rings. The number of alkyl halides is 3. The molecule has 0 radical (unpaired) electrons. The summed E-state index contributed by atoms with van der Waals surface area (Å²) in [7, 11) is 0. The van der Waals surface area contributed by atoms with Gasteiger partial charge >= 0.3 is 6.18 Å². The van der Waals surface area contributed by atoms with E-state index in [1.165, 1.54) is 12.1 Å². The van der Waals surface area contributed by atoms with E-state index in [0.29, 0.717) is 0 Å². The smallest absolute Gasteiger partial charge is 0.416 e. The molecule has 0 bridgehead atoms. The van der Waals surface area contributed by atoms with E-state index in [0.717, 1.165) is 6.07 Å². The van der Waals surface area contributed by atoms with Gasteiger partial charge < -0.3 is 5.11 Å². The SMILES string of the molecule is CC(C)C(C)c1ccc(O)cc1C(F)(F)F. The Kier molecular flexibility index (Phi) is 3.51. The van der Waals surface area contributed by atoms with Crippen LogP contribution in [0.5, 0.6) is 5.75 Å². The number of hydrogen-bond acceptors (Lipinski definition) is 1. The van der Waals surface area contributed by atoms with E-state index >= 15 is 0 Å². The third-order valence-electron chi connectivity index (χ3n) is 2.83. The van der Waals surface area contributed by atoms with Crippen LogP contribution in [-0.4, -0.2) is 5.11 Å². The Balaban J connectivity index is 3.29. The molecule has 1 N–H and O–H groups in total. The fourth-order valence-electron chi connectivity index (χ4n) is 1.55. The van der Waals surface area contributed by atoms with Gasteiger partial charge in [0.05, 0.1) is 5.56 Å². The lowest BCUT2D eigenvalue weighted by molar-refractivity contribution is -0.138. The number of halogens is 3. The molecule has 16 heavy (non-hydrogen) atoms. The molecule has 0 saturated carbocycles. The Labute approximate surface area is 92.9 Å². The third-order valence-corrected chi connectivity index (χ3v) is 2.83. The molecule has 1 nitrogen and oxygen atoms in total. The second-order valence-electron chi connectivity index (χ2n) is 4.30. The quantitative estimate of drug-likeness (QED) is 0.811. The average molecular weight is 232 g/mol. The van der Waals surface area contributed by atoms with Crippen molar-refractivity contribution in [1.29, 1.82) is 0 Å². The van der Waals surface area contributed by atoms with Crippen LogP contribution in [0.25, 0.3) is 0 Å².